The maximum absolute atomic E-state index is 13.6. The SMILES string of the molecule is COc1cc(C2=CCN(c3ncn(Cc4ccc(C(F)(F)F)s4)c(=O)n3)CC2)ccc1F. The van der Waals surface area contributed by atoms with E-state index in [-0.39, 0.29) is 18.2 Å². The van der Waals surface area contributed by atoms with Crippen LogP contribution in [0.1, 0.15) is 21.7 Å². The van der Waals surface area contributed by atoms with Gasteiger partial charge in [0.1, 0.15) is 11.2 Å². The first-order valence-corrected chi connectivity index (χ1v) is 10.4. The number of alkyl halides is 3. The van der Waals surface area contributed by atoms with Crippen molar-refractivity contribution in [2.75, 3.05) is 25.1 Å². The Kier molecular flexibility index (Phi) is 6.00. The summed E-state index contributed by atoms with van der Waals surface area (Å²) in [7, 11) is 1.41. The first-order chi connectivity index (χ1) is 15.2. The zero-order chi connectivity index (χ0) is 22.9. The minimum absolute atomic E-state index is 0.0314. The quantitative estimate of drug-likeness (QED) is 0.528. The first-order valence-electron chi connectivity index (χ1n) is 9.62. The minimum atomic E-state index is -4.41. The highest BCUT2D eigenvalue weighted by Gasteiger charge is 2.32. The molecule has 0 atom stereocenters. The number of hydrogen-bond acceptors (Lipinski definition) is 6. The Morgan fingerprint density at radius 2 is 2.03 bits per heavy atom. The molecule has 168 valence electrons. The molecule has 32 heavy (non-hydrogen) atoms. The van der Waals surface area contributed by atoms with Gasteiger partial charge in [0.25, 0.3) is 0 Å². The molecule has 0 spiro atoms. The summed E-state index contributed by atoms with van der Waals surface area (Å²) in [5, 5.41) is 0. The molecule has 1 aliphatic heterocycles. The summed E-state index contributed by atoms with van der Waals surface area (Å²) in [6.45, 7) is 0.976. The van der Waals surface area contributed by atoms with Gasteiger partial charge in [0.2, 0.25) is 5.95 Å². The molecule has 0 bridgehead atoms. The summed E-state index contributed by atoms with van der Waals surface area (Å²) in [5.74, 6) is -0.00769. The second-order valence-electron chi connectivity index (χ2n) is 7.11. The van der Waals surface area contributed by atoms with Crippen LogP contribution in [0.2, 0.25) is 0 Å². The molecule has 0 unspecified atom stereocenters. The fraction of sp³-hybridized carbons (Fsp3) is 0.286. The molecule has 0 aliphatic carbocycles. The maximum Gasteiger partial charge on any atom is 0.425 e. The normalized spacial score (nSPS) is 14.4. The predicted molar refractivity (Wildman–Crippen MR) is 112 cm³/mol. The third-order valence-electron chi connectivity index (χ3n) is 5.04. The van der Waals surface area contributed by atoms with E-state index in [0.29, 0.717) is 35.7 Å². The molecular formula is C21H18F4N4O2S. The van der Waals surface area contributed by atoms with Crippen LogP contribution in [0.5, 0.6) is 5.75 Å². The third-order valence-corrected chi connectivity index (χ3v) is 6.15. The average molecular weight is 466 g/mol. The molecule has 0 amide bonds. The van der Waals surface area contributed by atoms with Crippen molar-refractivity contribution in [1.82, 2.24) is 14.5 Å². The van der Waals surface area contributed by atoms with Gasteiger partial charge in [0.15, 0.2) is 11.6 Å². The molecule has 3 heterocycles. The van der Waals surface area contributed by atoms with Crippen LogP contribution in [-0.2, 0) is 12.7 Å². The van der Waals surface area contributed by atoms with Crippen molar-refractivity contribution in [2.24, 2.45) is 0 Å². The lowest BCUT2D eigenvalue weighted by atomic mass is 9.99. The molecular weight excluding hydrogens is 448 g/mol. The highest BCUT2D eigenvalue weighted by Crippen LogP contribution is 2.34. The van der Waals surface area contributed by atoms with Crippen LogP contribution >= 0.6 is 11.3 Å². The lowest BCUT2D eigenvalue weighted by Crippen LogP contribution is -2.33. The second kappa shape index (κ2) is 8.73. The molecule has 11 heteroatoms. The Balaban J connectivity index is 1.46. The Labute approximate surface area is 184 Å². The smallest absolute Gasteiger partial charge is 0.425 e. The number of ether oxygens (including phenoxy) is 1. The Morgan fingerprint density at radius 3 is 2.66 bits per heavy atom. The number of thiophene rings is 1. The van der Waals surface area contributed by atoms with Crippen molar-refractivity contribution in [3.63, 3.8) is 0 Å². The molecule has 0 fully saturated rings. The van der Waals surface area contributed by atoms with Gasteiger partial charge in [-0.05, 0) is 41.8 Å². The van der Waals surface area contributed by atoms with Gasteiger partial charge >= 0.3 is 11.9 Å². The topological polar surface area (TPSA) is 60.2 Å². The Hall–Kier alpha value is -3.21. The summed E-state index contributed by atoms with van der Waals surface area (Å²) in [4.78, 5) is 22.1. The second-order valence-corrected chi connectivity index (χ2v) is 8.27. The maximum atomic E-state index is 13.6. The van der Waals surface area contributed by atoms with E-state index >= 15 is 0 Å². The Morgan fingerprint density at radius 1 is 1.22 bits per heavy atom. The van der Waals surface area contributed by atoms with Gasteiger partial charge < -0.3 is 9.64 Å². The summed E-state index contributed by atoms with van der Waals surface area (Å²) in [5.41, 5.74) is 1.29. The molecule has 2 aromatic heterocycles. The molecule has 6 nitrogen and oxygen atoms in total. The van der Waals surface area contributed by atoms with Gasteiger partial charge in [-0.15, -0.1) is 11.3 Å². The lowest BCUT2D eigenvalue weighted by Gasteiger charge is -2.26. The third kappa shape index (κ3) is 4.67. The highest BCUT2D eigenvalue weighted by molar-refractivity contribution is 7.12. The van der Waals surface area contributed by atoms with Gasteiger partial charge in [0, 0.05) is 18.0 Å². The minimum Gasteiger partial charge on any atom is -0.494 e. The van der Waals surface area contributed by atoms with Crippen LogP contribution in [0.15, 0.2) is 47.5 Å². The van der Waals surface area contributed by atoms with E-state index in [0.717, 1.165) is 17.2 Å². The van der Waals surface area contributed by atoms with E-state index in [4.69, 9.17) is 4.74 Å². The summed E-state index contributed by atoms with van der Waals surface area (Å²) < 4.78 is 58.1. The largest absolute Gasteiger partial charge is 0.494 e. The number of methoxy groups -OCH3 is 1. The van der Waals surface area contributed by atoms with E-state index < -0.39 is 22.6 Å². The molecule has 4 rings (SSSR count). The van der Waals surface area contributed by atoms with Gasteiger partial charge in [0.05, 0.1) is 13.7 Å². The van der Waals surface area contributed by atoms with Crippen molar-refractivity contribution in [2.45, 2.75) is 19.1 Å². The number of aromatic nitrogens is 3. The fourth-order valence-electron chi connectivity index (χ4n) is 3.37. The van der Waals surface area contributed by atoms with E-state index in [1.165, 1.54) is 30.1 Å². The molecule has 3 aromatic rings. The van der Waals surface area contributed by atoms with Gasteiger partial charge in [-0.2, -0.15) is 18.2 Å². The summed E-state index contributed by atoms with van der Waals surface area (Å²) >= 11 is 0.586. The van der Waals surface area contributed by atoms with E-state index in [1.54, 1.807) is 12.1 Å². The molecule has 0 saturated carbocycles. The van der Waals surface area contributed by atoms with Crippen molar-refractivity contribution in [1.29, 1.82) is 0 Å². The molecule has 1 aliphatic rings. The van der Waals surface area contributed by atoms with Crippen molar-refractivity contribution in [3.8, 4) is 5.75 Å². The number of rotatable bonds is 5. The number of benzene rings is 1. The van der Waals surface area contributed by atoms with Crippen molar-refractivity contribution < 1.29 is 22.3 Å². The standard InChI is InChI=1S/C21H18F4N4O2S/c1-31-17-10-14(2-4-16(17)22)13-6-8-28(9-7-13)19-26-12-29(20(30)27-19)11-15-3-5-18(32-15)21(23,24)25/h2-6,10,12H,7-9,11H2,1H3. The van der Waals surface area contributed by atoms with Crippen molar-refractivity contribution in [3.05, 3.63) is 74.4 Å². The summed E-state index contributed by atoms with van der Waals surface area (Å²) in [6, 6.07) is 7.02. The van der Waals surface area contributed by atoms with E-state index in [9.17, 15) is 22.4 Å². The predicted octanol–water partition coefficient (Wildman–Crippen LogP) is 4.21. The molecule has 1 aromatic carbocycles. The fourth-order valence-corrected chi connectivity index (χ4v) is 4.24. The van der Waals surface area contributed by atoms with E-state index in [2.05, 4.69) is 9.97 Å². The van der Waals surface area contributed by atoms with Crippen LogP contribution in [0, 0.1) is 5.82 Å². The zero-order valence-electron chi connectivity index (χ0n) is 16.9. The van der Waals surface area contributed by atoms with Crippen LogP contribution < -0.4 is 15.3 Å². The summed E-state index contributed by atoms with van der Waals surface area (Å²) in [6.07, 6.45) is -0.526. The van der Waals surface area contributed by atoms with Gasteiger partial charge in [-0.25, -0.2) is 14.2 Å². The van der Waals surface area contributed by atoms with Crippen LogP contribution in [0.4, 0.5) is 23.5 Å². The highest BCUT2D eigenvalue weighted by atomic mass is 32.1. The number of hydrogen-bond donors (Lipinski definition) is 0. The monoisotopic (exact) mass is 466 g/mol. The number of anilines is 1. The van der Waals surface area contributed by atoms with Crippen molar-refractivity contribution >= 4 is 22.9 Å². The van der Waals surface area contributed by atoms with Gasteiger partial charge in [-0.1, -0.05) is 12.1 Å². The Bertz CT molecular complexity index is 1220. The number of halogens is 4. The number of nitrogens with zero attached hydrogens (tertiary/aromatic N) is 4. The first kappa shape index (κ1) is 22.0. The van der Waals surface area contributed by atoms with Gasteiger partial charge in [-0.3, -0.25) is 4.57 Å². The van der Waals surface area contributed by atoms with Crippen LogP contribution in [0.3, 0.4) is 0 Å². The van der Waals surface area contributed by atoms with E-state index in [1.807, 2.05) is 11.0 Å². The van der Waals surface area contributed by atoms with Crippen LogP contribution in [-0.4, -0.2) is 34.7 Å². The van der Waals surface area contributed by atoms with Crippen LogP contribution in [0.25, 0.3) is 5.57 Å². The average Bonchev–Trinajstić information content (AvgIpc) is 3.25. The lowest BCUT2D eigenvalue weighted by molar-refractivity contribution is -0.134. The molecule has 0 radical (unpaired) electrons. The zero-order valence-corrected chi connectivity index (χ0v) is 17.7. The molecule has 0 saturated heterocycles. The molecule has 0 N–H and O–H groups in total.